The summed E-state index contributed by atoms with van der Waals surface area (Å²) in [7, 11) is 0. The number of nitriles is 1. The fourth-order valence-corrected chi connectivity index (χ4v) is 9.83. The number of aromatic nitrogens is 1. The van der Waals surface area contributed by atoms with Crippen LogP contribution in [0.3, 0.4) is 0 Å². The topological polar surface area (TPSA) is 32.0 Å². The number of rotatable bonds is 5. The van der Waals surface area contributed by atoms with Gasteiger partial charge in [0, 0.05) is 39.7 Å². The summed E-state index contributed by atoms with van der Waals surface area (Å²) >= 11 is 0. The molecule has 0 spiro atoms. The number of hydrogen-bond donors (Lipinski definition) is 0. The van der Waals surface area contributed by atoms with Crippen molar-refractivity contribution in [1.82, 2.24) is 4.57 Å². The molecule has 5 aliphatic rings. The minimum Gasteiger partial charge on any atom is -0.333 e. The van der Waals surface area contributed by atoms with Crippen LogP contribution in [-0.2, 0) is 12.8 Å². The summed E-state index contributed by atoms with van der Waals surface area (Å²) < 4.78 is 2.55. The van der Waals surface area contributed by atoms with Crippen LogP contribution in [0.25, 0.3) is 51.2 Å². The fraction of sp³-hybridized carbons (Fsp3) is 0.204. The largest absolute Gasteiger partial charge is 0.333 e. The van der Waals surface area contributed by atoms with Gasteiger partial charge in [-0.3, -0.25) is 0 Å². The van der Waals surface area contributed by atoms with Crippen LogP contribution in [0, 0.1) is 17.2 Å². The second kappa shape index (κ2) is 12.7. The Morgan fingerprint density at radius 3 is 1.69 bits per heavy atom. The normalized spacial score (nSPS) is 19.6. The SMILES string of the molecule is N#Cc1c(-c2ccccc2)c(N2C3=C(CCC=C3)C3CCC=CC32)c(-c2ccccc2)c(-n2c3c(c4c2C=CCC4)CCC=C3)c1-c1ccccc1. The average molecular weight is 672 g/mol. The first kappa shape index (κ1) is 30.9. The Morgan fingerprint density at radius 1 is 0.558 bits per heavy atom. The molecule has 1 aromatic heterocycles. The van der Waals surface area contributed by atoms with Crippen molar-refractivity contribution >= 4 is 17.8 Å². The lowest BCUT2D eigenvalue weighted by molar-refractivity contribution is 0.501. The zero-order valence-corrected chi connectivity index (χ0v) is 29.4. The minimum absolute atomic E-state index is 0.181. The van der Waals surface area contributed by atoms with Gasteiger partial charge in [-0.2, -0.15) is 5.26 Å². The molecule has 5 aromatic rings. The van der Waals surface area contributed by atoms with Gasteiger partial charge in [0.05, 0.1) is 23.0 Å². The third-order valence-corrected chi connectivity index (χ3v) is 11.9. The molecule has 1 aliphatic heterocycles. The maximum absolute atomic E-state index is 11.7. The lowest BCUT2D eigenvalue weighted by atomic mass is 9.81. The van der Waals surface area contributed by atoms with Crippen LogP contribution in [0.5, 0.6) is 0 Å². The molecule has 3 heteroatoms. The van der Waals surface area contributed by atoms with Gasteiger partial charge in [-0.15, -0.1) is 0 Å². The molecule has 2 unspecified atom stereocenters. The fourth-order valence-electron chi connectivity index (χ4n) is 9.83. The molecule has 4 aromatic carbocycles. The number of fused-ring (bicyclic) bond motifs is 5. The van der Waals surface area contributed by atoms with E-state index in [4.69, 9.17) is 0 Å². The molecule has 52 heavy (non-hydrogen) atoms. The summed E-state index contributed by atoms with van der Waals surface area (Å²) in [6, 6.07) is 35.5. The van der Waals surface area contributed by atoms with E-state index >= 15 is 0 Å². The van der Waals surface area contributed by atoms with Gasteiger partial charge in [-0.05, 0) is 103 Å². The summed E-state index contributed by atoms with van der Waals surface area (Å²) in [4.78, 5) is 2.66. The summed E-state index contributed by atoms with van der Waals surface area (Å²) in [5.74, 6) is 0.456. The Balaban J connectivity index is 1.46. The molecule has 3 nitrogen and oxygen atoms in total. The summed E-state index contributed by atoms with van der Waals surface area (Å²) in [5.41, 5.74) is 17.8. The molecule has 0 bridgehead atoms. The molecule has 2 atom stereocenters. The molecule has 252 valence electrons. The predicted octanol–water partition coefficient (Wildman–Crippen LogP) is 12.0. The van der Waals surface area contributed by atoms with Crippen LogP contribution in [0.15, 0.2) is 139 Å². The minimum atomic E-state index is 0.181. The van der Waals surface area contributed by atoms with Crippen molar-refractivity contribution in [3.05, 3.63) is 167 Å². The number of benzene rings is 4. The van der Waals surface area contributed by atoms with Crippen molar-refractivity contribution < 1.29 is 0 Å². The van der Waals surface area contributed by atoms with Gasteiger partial charge in [-0.1, -0.05) is 121 Å². The van der Waals surface area contributed by atoms with Gasteiger partial charge >= 0.3 is 0 Å². The van der Waals surface area contributed by atoms with Gasteiger partial charge in [0.2, 0.25) is 0 Å². The van der Waals surface area contributed by atoms with E-state index < -0.39 is 0 Å². The van der Waals surface area contributed by atoms with E-state index in [1.165, 1.54) is 33.8 Å². The highest BCUT2D eigenvalue weighted by molar-refractivity contribution is 6.07. The molecule has 0 radical (unpaired) electrons. The van der Waals surface area contributed by atoms with E-state index in [-0.39, 0.29) is 6.04 Å². The quantitative estimate of drug-likeness (QED) is 0.174. The Bertz CT molecular complexity index is 2370. The van der Waals surface area contributed by atoms with Gasteiger partial charge in [0.25, 0.3) is 0 Å². The van der Waals surface area contributed by atoms with Crippen molar-refractivity contribution in [1.29, 1.82) is 5.26 Å². The Labute approximate surface area is 306 Å². The third-order valence-electron chi connectivity index (χ3n) is 11.9. The molecular weight excluding hydrogens is 631 g/mol. The van der Waals surface area contributed by atoms with Crippen molar-refractivity contribution in [2.24, 2.45) is 5.92 Å². The van der Waals surface area contributed by atoms with Crippen molar-refractivity contribution in [2.75, 3.05) is 4.90 Å². The van der Waals surface area contributed by atoms with E-state index in [0.717, 1.165) is 96.1 Å². The van der Waals surface area contributed by atoms with Crippen LogP contribution in [0.1, 0.15) is 66.6 Å². The Hall–Kier alpha value is -5.85. The van der Waals surface area contributed by atoms with E-state index in [0.29, 0.717) is 5.92 Å². The Kier molecular flexibility index (Phi) is 7.57. The molecule has 0 N–H and O–H groups in total. The highest BCUT2D eigenvalue weighted by Gasteiger charge is 2.44. The zero-order valence-electron chi connectivity index (χ0n) is 29.4. The average Bonchev–Trinajstić information content (AvgIpc) is 3.73. The first-order chi connectivity index (χ1) is 25.8. The molecule has 4 aliphatic carbocycles. The first-order valence-electron chi connectivity index (χ1n) is 19.1. The van der Waals surface area contributed by atoms with E-state index in [1.807, 2.05) is 0 Å². The van der Waals surface area contributed by atoms with Crippen molar-refractivity contribution in [2.45, 2.75) is 57.4 Å². The molecule has 0 saturated carbocycles. The smallest absolute Gasteiger partial charge is 0.101 e. The molecule has 0 fully saturated rings. The van der Waals surface area contributed by atoms with Gasteiger partial charge in [0.15, 0.2) is 0 Å². The Morgan fingerprint density at radius 2 is 1.10 bits per heavy atom. The monoisotopic (exact) mass is 671 g/mol. The van der Waals surface area contributed by atoms with Crippen LogP contribution in [-0.4, -0.2) is 10.6 Å². The van der Waals surface area contributed by atoms with Crippen LogP contribution >= 0.6 is 0 Å². The summed E-state index contributed by atoms with van der Waals surface area (Å²) in [5, 5.41) is 11.7. The second-order valence-corrected chi connectivity index (χ2v) is 14.7. The predicted molar refractivity (Wildman–Crippen MR) is 215 cm³/mol. The van der Waals surface area contributed by atoms with Gasteiger partial charge < -0.3 is 9.47 Å². The van der Waals surface area contributed by atoms with Crippen molar-refractivity contribution in [3.8, 4) is 45.1 Å². The van der Waals surface area contributed by atoms with E-state index in [2.05, 4.69) is 155 Å². The van der Waals surface area contributed by atoms with Gasteiger partial charge in [-0.25, -0.2) is 0 Å². The summed E-state index contributed by atoms with van der Waals surface area (Å²) in [6.07, 6.45) is 27.6. The first-order valence-corrected chi connectivity index (χ1v) is 19.1. The lowest BCUT2D eigenvalue weighted by Crippen LogP contribution is -2.35. The van der Waals surface area contributed by atoms with Crippen LogP contribution < -0.4 is 4.90 Å². The number of allylic oxidation sites excluding steroid dienone is 5. The number of anilines is 1. The van der Waals surface area contributed by atoms with Crippen LogP contribution in [0.2, 0.25) is 0 Å². The molecule has 2 heterocycles. The maximum Gasteiger partial charge on any atom is 0.101 e. The highest BCUT2D eigenvalue weighted by Crippen LogP contribution is 2.57. The standard InChI is InChI=1S/C49H41N3/c50-32-40-45(33-18-4-1-5-19-33)48(51-41-28-14-10-24-36(41)37-25-11-15-29-42(37)51)47(35-22-8-3-9-23-35)49(46(40)34-20-6-2-7-21-34)52-43-30-16-12-26-38(43)39-27-13-17-31-44(39)52/h1-9,14-23,28-31,36,41H,10-13,24-27H2. The van der Waals surface area contributed by atoms with Crippen molar-refractivity contribution in [3.63, 3.8) is 0 Å². The number of hydrogen-bond acceptors (Lipinski definition) is 2. The zero-order chi connectivity index (χ0) is 34.6. The number of nitrogens with zero attached hydrogens (tertiary/aromatic N) is 3. The summed E-state index contributed by atoms with van der Waals surface area (Å²) in [6.45, 7) is 0. The molecule has 10 rings (SSSR count). The van der Waals surface area contributed by atoms with Gasteiger partial charge in [0.1, 0.15) is 6.07 Å². The second-order valence-electron chi connectivity index (χ2n) is 14.7. The maximum atomic E-state index is 11.7. The third kappa shape index (κ3) is 4.71. The molecular formula is C49H41N3. The van der Waals surface area contributed by atoms with E-state index in [1.54, 1.807) is 5.57 Å². The molecule has 0 amide bonds. The lowest BCUT2D eigenvalue weighted by Gasteiger charge is -2.37. The van der Waals surface area contributed by atoms with E-state index in [9.17, 15) is 5.26 Å². The van der Waals surface area contributed by atoms with Crippen LogP contribution in [0.4, 0.5) is 5.69 Å². The highest BCUT2D eigenvalue weighted by atomic mass is 15.2. The molecule has 0 saturated heterocycles.